The highest BCUT2D eigenvalue weighted by Gasteiger charge is 2.29. The minimum absolute atomic E-state index is 0.126. The number of aromatic nitrogens is 4. The summed E-state index contributed by atoms with van der Waals surface area (Å²) in [7, 11) is 0. The van der Waals surface area contributed by atoms with Gasteiger partial charge in [0.25, 0.3) is 0 Å². The Morgan fingerprint density at radius 2 is 2.08 bits per heavy atom. The lowest BCUT2D eigenvalue weighted by Gasteiger charge is -2.31. The molecule has 2 aromatic carbocycles. The Labute approximate surface area is 150 Å². The molecule has 1 aliphatic rings. The lowest BCUT2D eigenvalue weighted by molar-refractivity contribution is 0.223. The zero-order valence-electron chi connectivity index (χ0n) is 14.2. The Balaban J connectivity index is 1.46. The number of benzene rings is 2. The van der Waals surface area contributed by atoms with Crippen LogP contribution in [0.1, 0.15) is 28.7 Å². The Kier molecular flexibility index (Phi) is 3.50. The molecule has 1 aliphatic heterocycles. The van der Waals surface area contributed by atoms with Gasteiger partial charge in [0.1, 0.15) is 11.6 Å². The molecule has 4 aromatic rings. The van der Waals surface area contributed by atoms with Gasteiger partial charge in [-0.25, -0.2) is 9.97 Å². The number of nitrogens with zero attached hydrogens (tertiary/aromatic N) is 3. The summed E-state index contributed by atoms with van der Waals surface area (Å²) in [4.78, 5) is 18.3. The van der Waals surface area contributed by atoms with Crippen LogP contribution in [-0.2, 0) is 13.1 Å². The van der Waals surface area contributed by atoms with Crippen molar-refractivity contribution in [3.63, 3.8) is 0 Å². The van der Waals surface area contributed by atoms with E-state index in [1.165, 1.54) is 0 Å². The molecule has 0 saturated heterocycles. The Morgan fingerprint density at radius 3 is 2.96 bits per heavy atom. The summed E-state index contributed by atoms with van der Waals surface area (Å²) in [6.45, 7) is 2.38. The number of rotatable bonds is 3. The minimum atomic E-state index is 0.126. The number of phenols is 1. The van der Waals surface area contributed by atoms with Crippen LogP contribution in [0.3, 0.4) is 0 Å². The average molecular weight is 345 g/mol. The molecule has 0 aliphatic carbocycles. The fourth-order valence-corrected chi connectivity index (χ4v) is 3.81. The van der Waals surface area contributed by atoms with E-state index in [0.29, 0.717) is 0 Å². The normalized spacial score (nSPS) is 17.5. The first kappa shape index (κ1) is 15.2. The van der Waals surface area contributed by atoms with Gasteiger partial charge in [-0.15, -0.1) is 0 Å². The monoisotopic (exact) mass is 345 g/mol. The van der Waals surface area contributed by atoms with E-state index in [-0.39, 0.29) is 11.7 Å². The standard InChI is InChI=1S/C20H19N5O/c26-14-5-3-4-13(8-14)15-9-25(10-18-20(15)22-12-21-18)11-19-23-16-6-1-2-7-17(16)24-19/h1-8,12,15,26H,9-11H2,(H,21,22)(H,23,24). The van der Waals surface area contributed by atoms with Gasteiger partial charge in [0.15, 0.2) is 0 Å². The van der Waals surface area contributed by atoms with Crippen molar-refractivity contribution < 1.29 is 5.11 Å². The zero-order valence-corrected chi connectivity index (χ0v) is 14.2. The molecule has 6 nitrogen and oxygen atoms in total. The predicted octanol–water partition coefficient (Wildman–Crippen LogP) is 3.14. The molecular formula is C20H19N5O. The summed E-state index contributed by atoms with van der Waals surface area (Å²) in [5.74, 6) is 1.37. The van der Waals surface area contributed by atoms with E-state index in [2.05, 4.69) is 19.9 Å². The highest BCUT2D eigenvalue weighted by Crippen LogP contribution is 2.33. The second-order valence-corrected chi connectivity index (χ2v) is 6.78. The predicted molar refractivity (Wildman–Crippen MR) is 98.7 cm³/mol. The molecule has 3 heterocycles. The first-order valence-electron chi connectivity index (χ1n) is 8.73. The van der Waals surface area contributed by atoms with E-state index in [9.17, 15) is 5.11 Å². The molecule has 130 valence electrons. The first-order chi connectivity index (χ1) is 12.8. The highest BCUT2D eigenvalue weighted by molar-refractivity contribution is 5.74. The van der Waals surface area contributed by atoms with Crippen LogP contribution in [0.2, 0.25) is 0 Å². The van der Waals surface area contributed by atoms with Gasteiger partial charge >= 0.3 is 0 Å². The summed E-state index contributed by atoms with van der Waals surface area (Å²) in [6, 6.07) is 15.5. The zero-order chi connectivity index (χ0) is 17.5. The lowest BCUT2D eigenvalue weighted by Crippen LogP contribution is -2.34. The van der Waals surface area contributed by atoms with Crippen molar-refractivity contribution in [2.45, 2.75) is 19.0 Å². The molecule has 3 N–H and O–H groups in total. The number of aromatic amines is 2. The van der Waals surface area contributed by atoms with Gasteiger partial charge in [-0.3, -0.25) is 4.90 Å². The second-order valence-electron chi connectivity index (χ2n) is 6.78. The van der Waals surface area contributed by atoms with E-state index < -0.39 is 0 Å². The van der Waals surface area contributed by atoms with Crippen molar-refractivity contribution in [1.82, 2.24) is 24.8 Å². The Hall–Kier alpha value is -3.12. The van der Waals surface area contributed by atoms with Gasteiger partial charge in [0, 0.05) is 19.0 Å². The van der Waals surface area contributed by atoms with Crippen LogP contribution in [0.5, 0.6) is 5.75 Å². The van der Waals surface area contributed by atoms with Crippen molar-refractivity contribution in [3.8, 4) is 5.75 Å². The molecule has 0 spiro atoms. The second kappa shape index (κ2) is 6.00. The molecule has 0 amide bonds. The summed E-state index contributed by atoms with van der Waals surface area (Å²) in [5.41, 5.74) is 5.32. The Bertz CT molecular complexity index is 1030. The fraction of sp³-hybridized carbons (Fsp3) is 0.200. The maximum atomic E-state index is 9.87. The van der Waals surface area contributed by atoms with Gasteiger partial charge < -0.3 is 15.1 Å². The van der Waals surface area contributed by atoms with Crippen molar-refractivity contribution >= 4 is 11.0 Å². The molecule has 5 rings (SSSR count). The fourth-order valence-electron chi connectivity index (χ4n) is 3.81. The number of imidazole rings is 2. The summed E-state index contributed by atoms with van der Waals surface area (Å²) in [6.07, 6.45) is 1.76. The molecule has 1 unspecified atom stereocenters. The maximum Gasteiger partial charge on any atom is 0.121 e. The highest BCUT2D eigenvalue weighted by atomic mass is 16.3. The van der Waals surface area contributed by atoms with E-state index >= 15 is 0 Å². The Morgan fingerprint density at radius 1 is 1.15 bits per heavy atom. The molecule has 26 heavy (non-hydrogen) atoms. The number of phenolic OH excluding ortho intramolecular Hbond substituents is 1. The van der Waals surface area contributed by atoms with Crippen LogP contribution in [-0.4, -0.2) is 36.5 Å². The van der Waals surface area contributed by atoms with Crippen LogP contribution >= 0.6 is 0 Å². The molecule has 2 aromatic heterocycles. The van der Waals surface area contributed by atoms with Crippen LogP contribution < -0.4 is 0 Å². The van der Waals surface area contributed by atoms with Crippen molar-refractivity contribution in [1.29, 1.82) is 0 Å². The van der Waals surface area contributed by atoms with Gasteiger partial charge in [-0.05, 0) is 29.8 Å². The summed E-state index contributed by atoms with van der Waals surface area (Å²) >= 11 is 0. The van der Waals surface area contributed by atoms with E-state index in [1.54, 1.807) is 12.4 Å². The van der Waals surface area contributed by atoms with Crippen LogP contribution in [0, 0.1) is 0 Å². The number of H-pyrrole nitrogens is 2. The average Bonchev–Trinajstić information content (AvgIpc) is 3.27. The number of fused-ring (bicyclic) bond motifs is 2. The van der Waals surface area contributed by atoms with Crippen LogP contribution in [0.4, 0.5) is 0 Å². The third-order valence-electron chi connectivity index (χ3n) is 4.99. The quantitative estimate of drug-likeness (QED) is 0.533. The third kappa shape index (κ3) is 2.64. The number of aromatic hydroxyl groups is 1. The molecular weight excluding hydrogens is 326 g/mol. The van der Waals surface area contributed by atoms with E-state index in [4.69, 9.17) is 4.98 Å². The number of nitrogens with one attached hydrogen (secondary N) is 2. The minimum Gasteiger partial charge on any atom is -0.508 e. The number of hydrogen-bond acceptors (Lipinski definition) is 4. The van der Waals surface area contributed by atoms with Gasteiger partial charge in [-0.2, -0.15) is 0 Å². The summed E-state index contributed by atoms with van der Waals surface area (Å²) < 4.78 is 0. The van der Waals surface area contributed by atoms with Crippen LogP contribution in [0.25, 0.3) is 11.0 Å². The summed E-state index contributed by atoms with van der Waals surface area (Å²) in [5, 5.41) is 9.87. The number of para-hydroxylation sites is 2. The van der Waals surface area contributed by atoms with Crippen LogP contribution in [0.15, 0.2) is 54.9 Å². The van der Waals surface area contributed by atoms with Gasteiger partial charge in [-0.1, -0.05) is 24.3 Å². The van der Waals surface area contributed by atoms with Gasteiger partial charge in [0.05, 0.1) is 35.3 Å². The van der Waals surface area contributed by atoms with E-state index in [0.717, 1.165) is 53.4 Å². The maximum absolute atomic E-state index is 9.87. The number of hydrogen-bond donors (Lipinski definition) is 3. The lowest BCUT2D eigenvalue weighted by atomic mass is 9.91. The van der Waals surface area contributed by atoms with Crippen molar-refractivity contribution in [2.24, 2.45) is 0 Å². The van der Waals surface area contributed by atoms with E-state index in [1.807, 2.05) is 42.5 Å². The molecule has 1 atom stereocenters. The molecule has 0 saturated carbocycles. The topological polar surface area (TPSA) is 80.8 Å². The molecule has 6 heteroatoms. The molecule has 0 bridgehead atoms. The van der Waals surface area contributed by atoms with Crippen molar-refractivity contribution in [3.05, 3.63) is 77.6 Å². The smallest absolute Gasteiger partial charge is 0.121 e. The third-order valence-corrected chi connectivity index (χ3v) is 4.99. The molecule has 0 radical (unpaired) electrons. The van der Waals surface area contributed by atoms with Crippen molar-refractivity contribution in [2.75, 3.05) is 6.54 Å². The van der Waals surface area contributed by atoms with Gasteiger partial charge in [0.2, 0.25) is 0 Å². The molecule has 0 fully saturated rings. The first-order valence-corrected chi connectivity index (χ1v) is 8.73. The largest absolute Gasteiger partial charge is 0.508 e. The SMILES string of the molecule is Oc1cccc(C2CN(Cc3nc4ccccc4[nH]3)Cc3[nH]cnc32)c1.